The van der Waals surface area contributed by atoms with Gasteiger partial charge in [-0.3, -0.25) is 4.79 Å². The summed E-state index contributed by atoms with van der Waals surface area (Å²) >= 11 is 0. The van der Waals surface area contributed by atoms with Crippen LogP contribution >= 0.6 is 0 Å². The fraction of sp³-hybridized carbons (Fsp3) is 0.900. The highest BCUT2D eigenvalue weighted by atomic mass is 16.1. The first-order valence-corrected chi connectivity index (χ1v) is 4.79. The Morgan fingerprint density at radius 1 is 1.33 bits per heavy atom. The molecule has 0 saturated heterocycles. The molecule has 0 rings (SSSR count). The summed E-state index contributed by atoms with van der Waals surface area (Å²) in [5, 5.41) is 0. The van der Waals surface area contributed by atoms with Gasteiger partial charge in [-0.1, -0.05) is 20.3 Å². The Morgan fingerprint density at radius 2 is 1.92 bits per heavy atom. The standard InChI is InChI=1S/C10H21NO/c1-5-7-9(8-11(3)4)10(12)6-2/h9H,5-8H2,1-4H3. The third kappa shape index (κ3) is 4.50. The maximum atomic E-state index is 11.4. The Labute approximate surface area is 75.9 Å². The minimum absolute atomic E-state index is 0.259. The monoisotopic (exact) mass is 171 g/mol. The molecule has 0 N–H and O–H groups in total. The molecular formula is C10H21NO. The van der Waals surface area contributed by atoms with Crippen molar-refractivity contribution in [1.82, 2.24) is 4.90 Å². The summed E-state index contributed by atoms with van der Waals surface area (Å²) in [6, 6.07) is 0. The fourth-order valence-corrected chi connectivity index (χ4v) is 1.43. The van der Waals surface area contributed by atoms with Crippen LogP contribution in [-0.2, 0) is 4.79 Å². The van der Waals surface area contributed by atoms with Crippen LogP contribution in [0.25, 0.3) is 0 Å². The molecule has 72 valence electrons. The van der Waals surface area contributed by atoms with Crippen molar-refractivity contribution in [2.24, 2.45) is 5.92 Å². The molecular weight excluding hydrogens is 150 g/mol. The number of Topliss-reactive ketones (excluding diaryl/α,β-unsaturated/α-hetero) is 1. The average molecular weight is 171 g/mol. The van der Waals surface area contributed by atoms with Gasteiger partial charge in [0.2, 0.25) is 0 Å². The third-order valence-electron chi connectivity index (χ3n) is 2.03. The number of nitrogens with zero attached hydrogens (tertiary/aromatic N) is 1. The highest BCUT2D eigenvalue weighted by Crippen LogP contribution is 2.10. The van der Waals surface area contributed by atoms with Crippen molar-refractivity contribution < 1.29 is 4.79 Å². The van der Waals surface area contributed by atoms with Gasteiger partial charge in [-0.15, -0.1) is 0 Å². The highest BCUT2D eigenvalue weighted by molar-refractivity contribution is 5.80. The molecule has 0 heterocycles. The van der Waals surface area contributed by atoms with Crippen LogP contribution < -0.4 is 0 Å². The number of hydrogen-bond acceptors (Lipinski definition) is 2. The first kappa shape index (κ1) is 11.6. The number of carbonyl (C=O) groups excluding carboxylic acids is 1. The predicted octanol–water partition coefficient (Wildman–Crippen LogP) is 1.94. The molecule has 0 aromatic carbocycles. The van der Waals surface area contributed by atoms with Crippen molar-refractivity contribution in [2.45, 2.75) is 33.1 Å². The Bertz CT molecular complexity index is 132. The topological polar surface area (TPSA) is 20.3 Å². The maximum absolute atomic E-state index is 11.4. The van der Waals surface area contributed by atoms with Crippen LogP contribution in [0.1, 0.15) is 33.1 Å². The van der Waals surface area contributed by atoms with E-state index < -0.39 is 0 Å². The summed E-state index contributed by atoms with van der Waals surface area (Å²) in [6.45, 7) is 4.98. The number of ketones is 1. The van der Waals surface area contributed by atoms with Crippen molar-refractivity contribution in [3.05, 3.63) is 0 Å². The van der Waals surface area contributed by atoms with Crippen LogP contribution in [0, 0.1) is 5.92 Å². The number of hydrogen-bond donors (Lipinski definition) is 0. The van der Waals surface area contributed by atoms with Crippen molar-refractivity contribution in [2.75, 3.05) is 20.6 Å². The Kier molecular flexibility index (Phi) is 5.99. The average Bonchev–Trinajstić information content (AvgIpc) is 2.01. The van der Waals surface area contributed by atoms with Gasteiger partial charge < -0.3 is 4.90 Å². The van der Waals surface area contributed by atoms with Gasteiger partial charge in [-0.2, -0.15) is 0 Å². The minimum Gasteiger partial charge on any atom is -0.309 e. The van der Waals surface area contributed by atoms with E-state index in [9.17, 15) is 4.79 Å². The summed E-state index contributed by atoms with van der Waals surface area (Å²) in [7, 11) is 4.04. The second-order valence-corrected chi connectivity index (χ2v) is 3.57. The van der Waals surface area contributed by atoms with Crippen molar-refractivity contribution in [3.8, 4) is 0 Å². The molecule has 0 aliphatic rings. The maximum Gasteiger partial charge on any atom is 0.136 e. The molecule has 0 saturated carbocycles. The lowest BCUT2D eigenvalue weighted by Gasteiger charge is -2.18. The minimum atomic E-state index is 0.259. The van der Waals surface area contributed by atoms with Crippen molar-refractivity contribution in [1.29, 1.82) is 0 Å². The lowest BCUT2D eigenvalue weighted by atomic mass is 9.96. The Hall–Kier alpha value is -0.370. The molecule has 1 atom stereocenters. The van der Waals surface area contributed by atoms with E-state index in [0.29, 0.717) is 12.2 Å². The van der Waals surface area contributed by atoms with Gasteiger partial charge in [0.25, 0.3) is 0 Å². The van der Waals surface area contributed by atoms with E-state index in [0.717, 1.165) is 19.4 Å². The molecule has 0 fully saturated rings. The molecule has 0 radical (unpaired) electrons. The van der Waals surface area contributed by atoms with Crippen LogP contribution in [0.3, 0.4) is 0 Å². The van der Waals surface area contributed by atoms with Crippen LogP contribution in [0.5, 0.6) is 0 Å². The SMILES string of the molecule is CCCC(CN(C)C)C(=O)CC. The molecule has 12 heavy (non-hydrogen) atoms. The fourth-order valence-electron chi connectivity index (χ4n) is 1.43. The largest absolute Gasteiger partial charge is 0.309 e. The zero-order chi connectivity index (χ0) is 9.56. The lowest BCUT2D eigenvalue weighted by molar-refractivity contribution is -0.123. The zero-order valence-corrected chi connectivity index (χ0v) is 8.76. The Balaban J connectivity index is 3.94. The smallest absolute Gasteiger partial charge is 0.136 e. The van der Waals surface area contributed by atoms with Crippen LogP contribution in [0.2, 0.25) is 0 Å². The van der Waals surface area contributed by atoms with Gasteiger partial charge in [0.1, 0.15) is 5.78 Å². The quantitative estimate of drug-likeness (QED) is 0.608. The molecule has 0 aromatic rings. The van der Waals surface area contributed by atoms with Gasteiger partial charge >= 0.3 is 0 Å². The molecule has 0 spiro atoms. The van der Waals surface area contributed by atoms with Crippen LogP contribution in [0.4, 0.5) is 0 Å². The molecule has 0 aromatic heterocycles. The van der Waals surface area contributed by atoms with Gasteiger partial charge in [0.15, 0.2) is 0 Å². The zero-order valence-electron chi connectivity index (χ0n) is 8.76. The first-order valence-electron chi connectivity index (χ1n) is 4.79. The normalized spacial score (nSPS) is 13.4. The molecule has 2 nitrogen and oxygen atoms in total. The number of carbonyl (C=O) groups is 1. The van der Waals surface area contributed by atoms with Crippen molar-refractivity contribution >= 4 is 5.78 Å². The second kappa shape index (κ2) is 6.18. The summed E-state index contributed by atoms with van der Waals surface area (Å²) < 4.78 is 0. The molecule has 0 aliphatic carbocycles. The van der Waals surface area contributed by atoms with Crippen LogP contribution in [-0.4, -0.2) is 31.3 Å². The summed E-state index contributed by atoms with van der Waals surface area (Å²) in [6.07, 6.45) is 2.81. The predicted molar refractivity (Wildman–Crippen MR) is 52.3 cm³/mol. The van der Waals surface area contributed by atoms with E-state index >= 15 is 0 Å². The highest BCUT2D eigenvalue weighted by Gasteiger charge is 2.15. The lowest BCUT2D eigenvalue weighted by Crippen LogP contribution is -2.27. The summed E-state index contributed by atoms with van der Waals surface area (Å²) in [5.41, 5.74) is 0. The molecule has 0 amide bonds. The van der Waals surface area contributed by atoms with E-state index in [1.54, 1.807) is 0 Å². The number of rotatable bonds is 6. The van der Waals surface area contributed by atoms with Gasteiger partial charge in [-0.05, 0) is 20.5 Å². The Morgan fingerprint density at radius 3 is 2.25 bits per heavy atom. The van der Waals surface area contributed by atoms with Gasteiger partial charge in [0, 0.05) is 18.9 Å². The van der Waals surface area contributed by atoms with Gasteiger partial charge in [0.05, 0.1) is 0 Å². The van der Waals surface area contributed by atoms with Crippen LogP contribution in [0.15, 0.2) is 0 Å². The summed E-state index contributed by atoms with van der Waals surface area (Å²) in [4.78, 5) is 13.5. The molecule has 0 aliphatic heterocycles. The van der Waals surface area contributed by atoms with E-state index in [1.807, 2.05) is 21.0 Å². The summed E-state index contributed by atoms with van der Waals surface area (Å²) in [5.74, 6) is 0.667. The van der Waals surface area contributed by atoms with E-state index in [-0.39, 0.29) is 5.92 Å². The van der Waals surface area contributed by atoms with Gasteiger partial charge in [-0.25, -0.2) is 0 Å². The molecule has 0 bridgehead atoms. The van der Waals surface area contributed by atoms with Crippen molar-refractivity contribution in [3.63, 3.8) is 0 Å². The second-order valence-electron chi connectivity index (χ2n) is 3.57. The first-order chi connectivity index (χ1) is 5.61. The van der Waals surface area contributed by atoms with E-state index in [4.69, 9.17) is 0 Å². The molecule has 2 heteroatoms. The van der Waals surface area contributed by atoms with E-state index in [2.05, 4.69) is 11.8 Å². The molecule has 1 unspecified atom stereocenters. The third-order valence-corrected chi connectivity index (χ3v) is 2.03. The van der Waals surface area contributed by atoms with E-state index in [1.165, 1.54) is 0 Å².